The van der Waals surface area contributed by atoms with Gasteiger partial charge in [0.1, 0.15) is 5.75 Å². The van der Waals surface area contributed by atoms with E-state index in [9.17, 15) is 5.11 Å². The van der Waals surface area contributed by atoms with Crippen molar-refractivity contribution in [2.75, 3.05) is 7.11 Å². The van der Waals surface area contributed by atoms with E-state index in [2.05, 4.69) is 12.2 Å². The van der Waals surface area contributed by atoms with Crippen LogP contribution < -0.4 is 10.1 Å². The van der Waals surface area contributed by atoms with E-state index in [1.807, 2.05) is 24.3 Å². The summed E-state index contributed by atoms with van der Waals surface area (Å²) in [4.78, 5) is 0. The zero-order valence-electron chi connectivity index (χ0n) is 11.9. The monoisotopic (exact) mass is 263 g/mol. The van der Waals surface area contributed by atoms with Gasteiger partial charge < -0.3 is 15.2 Å². The third-order valence-electron chi connectivity index (χ3n) is 4.06. The minimum atomic E-state index is -0.472. The molecule has 3 heteroatoms. The molecular formula is C16H25NO2. The second-order valence-corrected chi connectivity index (χ2v) is 5.38. The van der Waals surface area contributed by atoms with E-state index in [4.69, 9.17) is 4.74 Å². The SMILES string of the molecule is CCC(NC1CCCC1)C(O)c1cccc(OC)c1. The number of hydrogen-bond donors (Lipinski definition) is 2. The minimum Gasteiger partial charge on any atom is -0.497 e. The lowest BCUT2D eigenvalue weighted by atomic mass is 9.99. The number of hydrogen-bond acceptors (Lipinski definition) is 3. The Morgan fingerprint density at radius 3 is 2.74 bits per heavy atom. The maximum absolute atomic E-state index is 10.5. The minimum absolute atomic E-state index is 0.121. The topological polar surface area (TPSA) is 41.5 Å². The van der Waals surface area contributed by atoms with E-state index in [1.165, 1.54) is 25.7 Å². The molecule has 19 heavy (non-hydrogen) atoms. The third-order valence-corrected chi connectivity index (χ3v) is 4.06. The number of rotatable bonds is 6. The molecule has 2 N–H and O–H groups in total. The van der Waals surface area contributed by atoms with Gasteiger partial charge >= 0.3 is 0 Å². The van der Waals surface area contributed by atoms with Gasteiger partial charge in [-0.25, -0.2) is 0 Å². The van der Waals surface area contributed by atoms with Gasteiger partial charge in [0.05, 0.1) is 13.2 Å². The predicted octanol–water partition coefficient (Wildman–Crippen LogP) is 3.04. The van der Waals surface area contributed by atoms with E-state index in [0.717, 1.165) is 17.7 Å². The predicted molar refractivity (Wildman–Crippen MR) is 77.4 cm³/mol. The number of methoxy groups -OCH3 is 1. The molecular weight excluding hydrogens is 238 g/mol. The molecule has 0 aliphatic heterocycles. The van der Waals surface area contributed by atoms with Crippen molar-refractivity contribution in [3.05, 3.63) is 29.8 Å². The smallest absolute Gasteiger partial charge is 0.119 e. The van der Waals surface area contributed by atoms with Gasteiger partial charge in [-0.05, 0) is 37.0 Å². The molecule has 106 valence electrons. The molecule has 1 aliphatic rings. The van der Waals surface area contributed by atoms with Crippen molar-refractivity contribution in [2.45, 2.75) is 57.2 Å². The van der Waals surface area contributed by atoms with Crippen LogP contribution in [0.1, 0.15) is 50.7 Å². The van der Waals surface area contributed by atoms with Gasteiger partial charge in [-0.1, -0.05) is 31.9 Å². The summed E-state index contributed by atoms with van der Waals surface area (Å²) in [5, 5.41) is 14.2. The standard InChI is InChI=1S/C16H25NO2/c1-3-15(17-13-8-4-5-9-13)16(18)12-7-6-10-14(11-12)19-2/h6-7,10-11,13,15-18H,3-5,8-9H2,1-2H3. The van der Waals surface area contributed by atoms with E-state index < -0.39 is 6.10 Å². The summed E-state index contributed by atoms with van der Waals surface area (Å²) in [6.45, 7) is 2.12. The summed E-state index contributed by atoms with van der Waals surface area (Å²) in [6, 6.07) is 8.41. The van der Waals surface area contributed by atoms with Gasteiger partial charge in [0.25, 0.3) is 0 Å². The molecule has 0 radical (unpaired) electrons. The lowest BCUT2D eigenvalue weighted by molar-refractivity contribution is 0.119. The Hall–Kier alpha value is -1.06. The quantitative estimate of drug-likeness (QED) is 0.829. The molecule has 0 amide bonds. The molecule has 0 spiro atoms. The van der Waals surface area contributed by atoms with Gasteiger partial charge in [0, 0.05) is 12.1 Å². The molecule has 0 bridgehead atoms. The normalized spacial score (nSPS) is 19.3. The van der Waals surface area contributed by atoms with Crippen LogP contribution >= 0.6 is 0 Å². The highest BCUT2D eigenvalue weighted by atomic mass is 16.5. The fourth-order valence-corrected chi connectivity index (χ4v) is 2.89. The first-order valence-corrected chi connectivity index (χ1v) is 7.32. The largest absolute Gasteiger partial charge is 0.497 e. The molecule has 0 aromatic heterocycles. The Labute approximate surface area is 116 Å². The summed E-state index contributed by atoms with van der Waals surface area (Å²) < 4.78 is 5.22. The second kappa shape index (κ2) is 6.92. The third kappa shape index (κ3) is 3.71. The zero-order valence-corrected chi connectivity index (χ0v) is 11.9. The van der Waals surface area contributed by atoms with Gasteiger partial charge in [0.15, 0.2) is 0 Å². The second-order valence-electron chi connectivity index (χ2n) is 5.38. The molecule has 3 nitrogen and oxygen atoms in total. The first kappa shape index (κ1) is 14.4. The Kier molecular flexibility index (Phi) is 5.23. The van der Waals surface area contributed by atoms with Gasteiger partial charge in [-0.15, -0.1) is 0 Å². The van der Waals surface area contributed by atoms with Gasteiger partial charge in [-0.3, -0.25) is 0 Å². The molecule has 1 fully saturated rings. The van der Waals surface area contributed by atoms with Crippen LogP contribution in [-0.2, 0) is 0 Å². The van der Waals surface area contributed by atoms with Crippen LogP contribution in [0.3, 0.4) is 0 Å². The lowest BCUT2D eigenvalue weighted by Crippen LogP contribution is -2.40. The molecule has 1 aromatic carbocycles. The van der Waals surface area contributed by atoms with Crippen molar-refractivity contribution >= 4 is 0 Å². The Morgan fingerprint density at radius 1 is 1.37 bits per heavy atom. The summed E-state index contributed by atoms with van der Waals surface area (Å²) in [7, 11) is 1.65. The molecule has 2 atom stereocenters. The molecule has 0 heterocycles. The van der Waals surface area contributed by atoms with Crippen molar-refractivity contribution in [1.82, 2.24) is 5.32 Å². The van der Waals surface area contributed by atoms with E-state index in [-0.39, 0.29) is 6.04 Å². The maximum Gasteiger partial charge on any atom is 0.119 e. The fourth-order valence-electron chi connectivity index (χ4n) is 2.89. The average Bonchev–Trinajstić information content (AvgIpc) is 2.97. The van der Waals surface area contributed by atoms with Crippen LogP contribution in [0.25, 0.3) is 0 Å². The van der Waals surface area contributed by atoms with Crippen molar-refractivity contribution in [3.8, 4) is 5.75 Å². The maximum atomic E-state index is 10.5. The Bertz CT molecular complexity index is 388. The molecule has 2 unspecified atom stereocenters. The zero-order chi connectivity index (χ0) is 13.7. The fraction of sp³-hybridized carbons (Fsp3) is 0.625. The highest BCUT2D eigenvalue weighted by Crippen LogP contribution is 2.25. The van der Waals surface area contributed by atoms with Gasteiger partial charge in [-0.2, -0.15) is 0 Å². The van der Waals surface area contributed by atoms with E-state index >= 15 is 0 Å². The number of ether oxygens (including phenoxy) is 1. The number of benzene rings is 1. The Balaban J connectivity index is 2.03. The van der Waals surface area contributed by atoms with Crippen molar-refractivity contribution in [1.29, 1.82) is 0 Å². The van der Waals surface area contributed by atoms with Crippen LogP contribution in [0, 0.1) is 0 Å². The van der Waals surface area contributed by atoms with Gasteiger partial charge in [0.2, 0.25) is 0 Å². The first-order chi connectivity index (χ1) is 9.24. The van der Waals surface area contributed by atoms with Crippen LogP contribution in [0.4, 0.5) is 0 Å². The number of nitrogens with one attached hydrogen (secondary N) is 1. The average molecular weight is 263 g/mol. The number of aliphatic hydroxyl groups is 1. The van der Waals surface area contributed by atoms with Crippen molar-refractivity contribution in [3.63, 3.8) is 0 Å². The van der Waals surface area contributed by atoms with E-state index in [0.29, 0.717) is 6.04 Å². The summed E-state index contributed by atoms with van der Waals surface area (Å²) in [5.41, 5.74) is 0.927. The first-order valence-electron chi connectivity index (χ1n) is 7.32. The van der Waals surface area contributed by atoms with E-state index in [1.54, 1.807) is 7.11 Å². The highest BCUT2D eigenvalue weighted by molar-refractivity contribution is 5.30. The lowest BCUT2D eigenvalue weighted by Gasteiger charge is -2.27. The van der Waals surface area contributed by atoms with Crippen molar-refractivity contribution in [2.24, 2.45) is 0 Å². The molecule has 0 saturated heterocycles. The molecule has 1 aliphatic carbocycles. The highest BCUT2D eigenvalue weighted by Gasteiger charge is 2.24. The van der Waals surface area contributed by atoms with Crippen molar-refractivity contribution < 1.29 is 9.84 Å². The van der Waals surface area contributed by atoms with Crippen LogP contribution in [0.5, 0.6) is 5.75 Å². The van der Waals surface area contributed by atoms with Crippen LogP contribution in [0.15, 0.2) is 24.3 Å². The molecule has 1 aromatic rings. The number of aliphatic hydroxyl groups excluding tert-OH is 1. The summed E-state index contributed by atoms with van der Waals surface area (Å²) in [5.74, 6) is 0.798. The summed E-state index contributed by atoms with van der Waals surface area (Å²) in [6.07, 6.45) is 5.55. The molecule has 1 saturated carbocycles. The summed E-state index contributed by atoms with van der Waals surface area (Å²) >= 11 is 0. The van der Waals surface area contributed by atoms with Crippen LogP contribution in [0.2, 0.25) is 0 Å². The van der Waals surface area contributed by atoms with Crippen LogP contribution in [-0.4, -0.2) is 24.3 Å². The molecule has 2 rings (SSSR count). The Morgan fingerprint density at radius 2 is 2.11 bits per heavy atom.